The quantitative estimate of drug-likeness (QED) is 0.475. The first-order chi connectivity index (χ1) is 18.5. The third kappa shape index (κ3) is 5.16. The van der Waals surface area contributed by atoms with E-state index in [4.69, 9.17) is 0 Å². The Balaban J connectivity index is 1.41. The largest absolute Gasteiger partial charge is 0.356 e. The Hall–Kier alpha value is -3.69. The number of amides is 3. The molecule has 208 valence electrons. The maximum Gasteiger partial charge on any atom is 0.271 e. The van der Waals surface area contributed by atoms with E-state index in [2.05, 4.69) is 15.6 Å². The number of rotatable bonds is 6. The number of nitrogens with zero attached hydrogens (tertiary/aromatic N) is 2. The van der Waals surface area contributed by atoms with Gasteiger partial charge < -0.3 is 20.5 Å². The van der Waals surface area contributed by atoms with Gasteiger partial charge in [-0.3, -0.25) is 14.4 Å². The molecule has 2 saturated heterocycles. The summed E-state index contributed by atoms with van der Waals surface area (Å²) in [5.41, 5.74) is -0.857. The van der Waals surface area contributed by atoms with E-state index in [9.17, 15) is 41.6 Å². The van der Waals surface area contributed by atoms with Crippen LogP contribution in [0.15, 0.2) is 18.2 Å². The molecule has 0 bridgehead atoms. The Morgan fingerprint density at radius 3 is 2.69 bits per heavy atom. The highest BCUT2D eigenvalue weighted by molar-refractivity contribution is 6.01. The summed E-state index contributed by atoms with van der Waals surface area (Å²) in [6.07, 6.45) is -2.88. The van der Waals surface area contributed by atoms with Crippen LogP contribution in [0.1, 0.15) is 54.6 Å². The highest BCUT2D eigenvalue weighted by Crippen LogP contribution is 2.50. The van der Waals surface area contributed by atoms with Crippen molar-refractivity contribution in [3.05, 3.63) is 35.3 Å². The molecule has 39 heavy (non-hydrogen) atoms. The summed E-state index contributed by atoms with van der Waals surface area (Å²) < 4.78 is 69.4. The van der Waals surface area contributed by atoms with Gasteiger partial charge in [-0.15, -0.1) is 0 Å². The molecule has 3 heterocycles. The van der Waals surface area contributed by atoms with Gasteiger partial charge in [-0.1, -0.05) is 0 Å². The fourth-order valence-electron chi connectivity index (χ4n) is 6.27. The second-order valence-electron chi connectivity index (χ2n) is 10.6. The van der Waals surface area contributed by atoms with Crippen LogP contribution in [0.3, 0.4) is 0 Å². The second kappa shape index (κ2) is 10.1. The molecule has 3 N–H and O–H groups in total. The first-order valence-electron chi connectivity index (χ1n) is 12.7. The molecular formula is C26H26F5N5O3. The maximum absolute atomic E-state index is 14.3. The molecule has 0 radical (unpaired) electrons. The standard InChI is InChI=1S/C26H26F5N5O3/c27-14-5-17(22(28)29)16-7-20(35-19(16)6-14)25(39)36-11-13-8-26(30,31)9-18(13)21(36)24(38)34-15(10-32)4-12-2-1-3-33-23(12)37/h5-7,12-13,15,18,21-22,35H,1-4,8-9,11H2,(H,33,37)(H,34,38)/t12-,13+,15-,18+,21+/m1/s1. The monoisotopic (exact) mass is 551 g/mol. The van der Waals surface area contributed by atoms with Crippen molar-refractivity contribution in [3.63, 3.8) is 0 Å². The van der Waals surface area contributed by atoms with Gasteiger partial charge in [0, 0.05) is 48.3 Å². The van der Waals surface area contributed by atoms with Crippen molar-refractivity contribution in [3.8, 4) is 6.07 Å². The van der Waals surface area contributed by atoms with Gasteiger partial charge >= 0.3 is 0 Å². The van der Waals surface area contributed by atoms with Gasteiger partial charge in [0.15, 0.2) is 0 Å². The second-order valence-corrected chi connectivity index (χ2v) is 10.6. The Bertz CT molecular complexity index is 1360. The number of nitriles is 1. The smallest absolute Gasteiger partial charge is 0.271 e. The molecule has 5 rings (SSSR count). The number of aromatic amines is 1. The van der Waals surface area contributed by atoms with E-state index in [0.29, 0.717) is 25.5 Å². The number of halogens is 5. The van der Waals surface area contributed by atoms with Crippen LogP contribution in [-0.4, -0.2) is 58.7 Å². The van der Waals surface area contributed by atoms with Crippen molar-refractivity contribution in [1.82, 2.24) is 20.5 Å². The molecule has 2 aliphatic heterocycles. The normalized spacial score (nSPS) is 26.8. The number of H-pyrrole nitrogens is 1. The number of benzene rings is 1. The molecule has 5 atom stereocenters. The molecule has 13 heteroatoms. The summed E-state index contributed by atoms with van der Waals surface area (Å²) in [7, 11) is 0. The molecule has 1 aromatic heterocycles. The van der Waals surface area contributed by atoms with Crippen molar-refractivity contribution < 1.29 is 36.3 Å². The van der Waals surface area contributed by atoms with Gasteiger partial charge in [0.2, 0.25) is 17.7 Å². The molecule has 0 unspecified atom stereocenters. The third-order valence-corrected chi connectivity index (χ3v) is 7.99. The van der Waals surface area contributed by atoms with Crippen LogP contribution in [-0.2, 0) is 9.59 Å². The molecule has 2 aromatic rings. The minimum Gasteiger partial charge on any atom is -0.356 e. The molecule has 1 aromatic carbocycles. The summed E-state index contributed by atoms with van der Waals surface area (Å²) in [5.74, 6) is -7.85. The van der Waals surface area contributed by atoms with Crippen LogP contribution >= 0.6 is 0 Å². The van der Waals surface area contributed by atoms with Gasteiger partial charge in [-0.2, -0.15) is 5.26 Å². The van der Waals surface area contributed by atoms with Crippen LogP contribution < -0.4 is 10.6 Å². The summed E-state index contributed by atoms with van der Waals surface area (Å²) >= 11 is 0. The highest BCUT2D eigenvalue weighted by Gasteiger charge is 2.58. The predicted octanol–water partition coefficient (Wildman–Crippen LogP) is 3.66. The number of aromatic nitrogens is 1. The van der Waals surface area contributed by atoms with Crippen LogP contribution in [0.25, 0.3) is 10.9 Å². The topological polar surface area (TPSA) is 118 Å². The summed E-state index contributed by atoms with van der Waals surface area (Å²) in [6.45, 7) is 0.347. The van der Waals surface area contributed by atoms with Crippen LogP contribution in [0.2, 0.25) is 0 Å². The number of fused-ring (bicyclic) bond motifs is 2. The van der Waals surface area contributed by atoms with Crippen molar-refractivity contribution >= 4 is 28.6 Å². The molecular weight excluding hydrogens is 525 g/mol. The Morgan fingerprint density at radius 1 is 1.23 bits per heavy atom. The third-order valence-electron chi connectivity index (χ3n) is 7.99. The van der Waals surface area contributed by atoms with E-state index in [0.717, 1.165) is 17.0 Å². The number of alkyl halides is 4. The predicted molar refractivity (Wildman–Crippen MR) is 127 cm³/mol. The van der Waals surface area contributed by atoms with Crippen molar-refractivity contribution in [2.75, 3.05) is 13.1 Å². The van der Waals surface area contributed by atoms with Gasteiger partial charge in [0.25, 0.3) is 12.3 Å². The van der Waals surface area contributed by atoms with E-state index in [1.165, 1.54) is 0 Å². The Morgan fingerprint density at radius 2 is 2.00 bits per heavy atom. The van der Waals surface area contributed by atoms with Crippen LogP contribution in [0.4, 0.5) is 22.0 Å². The number of hydrogen-bond donors (Lipinski definition) is 3. The zero-order valence-electron chi connectivity index (χ0n) is 20.7. The van der Waals surface area contributed by atoms with E-state index < -0.39 is 78.2 Å². The number of carbonyl (C=O) groups is 3. The number of piperidine rings is 1. The lowest BCUT2D eigenvalue weighted by Crippen LogP contribution is -2.52. The minimum atomic E-state index is -3.03. The van der Waals surface area contributed by atoms with E-state index in [-0.39, 0.29) is 35.5 Å². The Labute approximate surface area is 219 Å². The molecule has 0 spiro atoms. The lowest BCUT2D eigenvalue weighted by Gasteiger charge is -2.29. The van der Waals surface area contributed by atoms with Crippen molar-refractivity contribution in [2.45, 2.75) is 56.5 Å². The maximum atomic E-state index is 14.3. The van der Waals surface area contributed by atoms with Gasteiger partial charge in [-0.25, -0.2) is 22.0 Å². The first kappa shape index (κ1) is 26.9. The lowest BCUT2D eigenvalue weighted by atomic mass is 9.90. The molecule has 3 aliphatic rings. The lowest BCUT2D eigenvalue weighted by molar-refractivity contribution is -0.129. The van der Waals surface area contributed by atoms with E-state index in [1.807, 2.05) is 6.07 Å². The van der Waals surface area contributed by atoms with Crippen molar-refractivity contribution in [1.29, 1.82) is 5.26 Å². The fraction of sp³-hybridized carbons (Fsp3) is 0.538. The molecule has 8 nitrogen and oxygen atoms in total. The zero-order chi connectivity index (χ0) is 28.1. The van der Waals surface area contributed by atoms with Crippen LogP contribution in [0.5, 0.6) is 0 Å². The molecule has 3 amide bonds. The van der Waals surface area contributed by atoms with Gasteiger partial charge in [0.1, 0.15) is 23.6 Å². The number of hydrogen-bond acceptors (Lipinski definition) is 4. The highest BCUT2D eigenvalue weighted by atomic mass is 19.3. The fourth-order valence-corrected chi connectivity index (χ4v) is 6.27. The molecule has 1 aliphatic carbocycles. The van der Waals surface area contributed by atoms with E-state index in [1.54, 1.807) is 0 Å². The summed E-state index contributed by atoms with van der Waals surface area (Å²) in [6, 6.07) is 2.27. The molecule has 1 saturated carbocycles. The number of nitrogens with one attached hydrogen (secondary N) is 3. The Kier molecular flexibility index (Phi) is 6.99. The van der Waals surface area contributed by atoms with E-state index >= 15 is 0 Å². The van der Waals surface area contributed by atoms with Crippen molar-refractivity contribution in [2.24, 2.45) is 17.8 Å². The van der Waals surface area contributed by atoms with Gasteiger partial charge in [-0.05, 0) is 49.3 Å². The number of carbonyl (C=O) groups excluding carboxylic acids is 3. The SMILES string of the molecule is N#C[C@@H](C[C@H]1CCCNC1=O)NC(=O)[C@@H]1[C@H]2CC(F)(F)C[C@H]2CN1C(=O)c1cc2c(C(F)F)cc(F)cc2[nH]1. The average Bonchev–Trinajstić information content (AvgIpc) is 3.53. The molecule has 3 fully saturated rings. The summed E-state index contributed by atoms with van der Waals surface area (Å²) in [4.78, 5) is 42.8. The zero-order valence-corrected chi connectivity index (χ0v) is 20.7. The average molecular weight is 552 g/mol. The summed E-state index contributed by atoms with van der Waals surface area (Å²) in [5, 5.41) is 14.8. The van der Waals surface area contributed by atoms with Crippen LogP contribution in [0, 0.1) is 34.9 Å². The number of likely N-dealkylation sites (tertiary alicyclic amines) is 1. The first-order valence-corrected chi connectivity index (χ1v) is 12.7. The van der Waals surface area contributed by atoms with Gasteiger partial charge in [0.05, 0.1) is 6.07 Å². The minimum absolute atomic E-state index is 0.0307.